The maximum Gasteiger partial charge on any atom is 0.0755 e. The molecule has 3 rings (SSSR count). The van der Waals surface area contributed by atoms with Crippen LogP contribution in [0.2, 0.25) is 0 Å². The van der Waals surface area contributed by atoms with Gasteiger partial charge in [0.05, 0.1) is 6.10 Å². The maximum absolute atomic E-state index is 6.14. The first-order valence-corrected chi connectivity index (χ1v) is 7.76. The van der Waals surface area contributed by atoms with Crippen molar-refractivity contribution in [2.75, 3.05) is 26.2 Å². The summed E-state index contributed by atoms with van der Waals surface area (Å²) in [5.74, 6) is 0.716. The third-order valence-electron chi connectivity index (χ3n) is 5.45. The molecule has 2 N–H and O–H groups in total. The Morgan fingerprint density at radius 1 is 1.22 bits per heavy atom. The van der Waals surface area contributed by atoms with E-state index in [2.05, 4.69) is 11.8 Å². The molecule has 104 valence electrons. The molecule has 3 aliphatic rings. The van der Waals surface area contributed by atoms with Gasteiger partial charge < -0.3 is 15.4 Å². The van der Waals surface area contributed by atoms with Gasteiger partial charge in [-0.3, -0.25) is 0 Å². The van der Waals surface area contributed by atoms with Crippen molar-refractivity contribution in [2.45, 2.75) is 57.6 Å². The van der Waals surface area contributed by atoms with Crippen LogP contribution in [0.4, 0.5) is 0 Å². The standard InChI is InChI=1S/C15H28N2O/c1-15(6-2-7-15)11-17-8-3-12(4-9-17)14-13(16)5-10-18-14/h12-14H,2-11,16H2,1H3/t13-,14+/m1/s1. The molecule has 0 aromatic carbocycles. The minimum absolute atomic E-state index is 0.297. The highest BCUT2D eigenvalue weighted by Gasteiger charge is 2.37. The van der Waals surface area contributed by atoms with Crippen molar-refractivity contribution < 1.29 is 4.74 Å². The van der Waals surface area contributed by atoms with E-state index in [-0.39, 0.29) is 0 Å². The van der Waals surface area contributed by atoms with E-state index in [1.807, 2.05) is 0 Å². The molecule has 3 heteroatoms. The molecule has 18 heavy (non-hydrogen) atoms. The third-order valence-corrected chi connectivity index (χ3v) is 5.45. The summed E-state index contributed by atoms with van der Waals surface area (Å²) >= 11 is 0. The first-order valence-electron chi connectivity index (χ1n) is 7.76. The summed E-state index contributed by atoms with van der Waals surface area (Å²) in [6.45, 7) is 7.17. The van der Waals surface area contributed by atoms with Crippen molar-refractivity contribution in [3.63, 3.8) is 0 Å². The van der Waals surface area contributed by atoms with Crippen LogP contribution in [0.15, 0.2) is 0 Å². The van der Waals surface area contributed by atoms with E-state index in [0.717, 1.165) is 13.0 Å². The number of hydrogen-bond donors (Lipinski definition) is 1. The quantitative estimate of drug-likeness (QED) is 0.835. The van der Waals surface area contributed by atoms with Crippen molar-refractivity contribution in [3.8, 4) is 0 Å². The lowest BCUT2D eigenvalue weighted by molar-refractivity contribution is 0.00911. The second kappa shape index (κ2) is 5.10. The molecule has 0 amide bonds. The molecule has 0 spiro atoms. The lowest BCUT2D eigenvalue weighted by Crippen LogP contribution is -2.47. The molecular weight excluding hydrogens is 224 g/mol. The summed E-state index contributed by atoms with van der Waals surface area (Å²) in [5.41, 5.74) is 6.77. The summed E-state index contributed by atoms with van der Waals surface area (Å²) in [6.07, 6.45) is 8.29. The lowest BCUT2D eigenvalue weighted by atomic mass is 9.70. The predicted octanol–water partition coefficient (Wildman–Crippen LogP) is 2.00. The van der Waals surface area contributed by atoms with Crippen LogP contribution in [-0.2, 0) is 4.74 Å². The second-order valence-corrected chi connectivity index (χ2v) is 7.07. The van der Waals surface area contributed by atoms with E-state index in [9.17, 15) is 0 Å². The van der Waals surface area contributed by atoms with Crippen molar-refractivity contribution >= 4 is 0 Å². The van der Waals surface area contributed by atoms with Gasteiger partial charge in [-0.05, 0) is 56.5 Å². The molecule has 2 heterocycles. The van der Waals surface area contributed by atoms with Gasteiger partial charge in [0.2, 0.25) is 0 Å². The minimum Gasteiger partial charge on any atom is -0.376 e. The molecular formula is C15H28N2O. The third kappa shape index (κ3) is 2.59. The zero-order valence-corrected chi connectivity index (χ0v) is 11.7. The minimum atomic E-state index is 0.297. The van der Waals surface area contributed by atoms with Crippen molar-refractivity contribution in [3.05, 3.63) is 0 Å². The molecule has 2 atom stereocenters. The monoisotopic (exact) mass is 252 g/mol. The Labute approximate surface area is 111 Å². The number of nitrogens with two attached hydrogens (primary N) is 1. The Morgan fingerprint density at radius 3 is 2.44 bits per heavy atom. The van der Waals surface area contributed by atoms with Crippen LogP contribution in [0.1, 0.15) is 45.4 Å². The molecule has 1 saturated carbocycles. The van der Waals surface area contributed by atoms with E-state index in [4.69, 9.17) is 10.5 Å². The fourth-order valence-electron chi connectivity index (χ4n) is 4.03. The van der Waals surface area contributed by atoms with Crippen LogP contribution in [-0.4, -0.2) is 43.3 Å². The summed E-state index contributed by atoms with van der Waals surface area (Å²) in [5, 5.41) is 0. The highest BCUT2D eigenvalue weighted by Crippen LogP contribution is 2.41. The molecule has 0 unspecified atom stereocenters. The fraction of sp³-hybridized carbons (Fsp3) is 1.00. The molecule has 3 fully saturated rings. The van der Waals surface area contributed by atoms with Gasteiger partial charge in [0.25, 0.3) is 0 Å². The molecule has 3 nitrogen and oxygen atoms in total. The van der Waals surface area contributed by atoms with Crippen LogP contribution in [0.3, 0.4) is 0 Å². The van der Waals surface area contributed by atoms with Crippen LogP contribution >= 0.6 is 0 Å². The van der Waals surface area contributed by atoms with E-state index in [1.54, 1.807) is 0 Å². The van der Waals surface area contributed by atoms with Crippen molar-refractivity contribution in [1.82, 2.24) is 4.90 Å². The molecule has 0 radical (unpaired) electrons. The molecule has 0 aromatic heterocycles. The van der Waals surface area contributed by atoms with Crippen LogP contribution in [0, 0.1) is 11.3 Å². The van der Waals surface area contributed by atoms with E-state index in [1.165, 1.54) is 51.7 Å². The highest BCUT2D eigenvalue weighted by molar-refractivity contribution is 4.91. The van der Waals surface area contributed by atoms with Gasteiger partial charge in [0, 0.05) is 19.2 Å². The van der Waals surface area contributed by atoms with Gasteiger partial charge >= 0.3 is 0 Å². The summed E-state index contributed by atoms with van der Waals surface area (Å²) in [6, 6.07) is 0.297. The smallest absolute Gasteiger partial charge is 0.0755 e. The number of piperidine rings is 1. The molecule has 0 bridgehead atoms. The zero-order chi connectivity index (χ0) is 12.6. The van der Waals surface area contributed by atoms with Gasteiger partial charge in [0.1, 0.15) is 0 Å². The largest absolute Gasteiger partial charge is 0.376 e. The molecule has 1 aliphatic carbocycles. The SMILES string of the molecule is CC1(CN2CCC([C@@H]3OCC[C@H]3N)CC2)CCC1. The number of ether oxygens (including phenoxy) is 1. The lowest BCUT2D eigenvalue weighted by Gasteiger charge is -2.45. The first-order chi connectivity index (χ1) is 8.66. The van der Waals surface area contributed by atoms with Crippen LogP contribution < -0.4 is 5.73 Å². The van der Waals surface area contributed by atoms with Gasteiger partial charge in [-0.2, -0.15) is 0 Å². The highest BCUT2D eigenvalue weighted by atomic mass is 16.5. The Hall–Kier alpha value is -0.120. The maximum atomic E-state index is 6.14. The number of nitrogens with zero attached hydrogens (tertiary/aromatic N) is 1. The zero-order valence-electron chi connectivity index (χ0n) is 11.7. The Balaban J connectivity index is 1.46. The summed E-state index contributed by atoms with van der Waals surface area (Å²) in [7, 11) is 0. The number of rotatable bonds is 3. The van der Waals surface area contributed by atoms with Gasteiger partial charge in [-0.25, -0.2) is 0 Å². The predicted molar refractivity (Wildman–Crippen MR) is 73.5 cm³/mol. The van der Waals surface area contributed by atoms with Crippen molar-refractivity contribution in [2.24, 2.45) is 17.1 Å². The molecule has 0 aromatic rings. The average Bonchev–Trinajstić information content (AvgIpc) is 2.75. The Bertz CT molecular complexity index is 282. The van der Waals surface area contributed by atoms with Crippen molar-refractivity contribution in [1.29, 1.82) is 0 Å². The number of likely N-dealkylation sites (tertiary alicyclic amines) is 1. The van der Waals surface area contributed by atoms with Gasteiger partial charge in [0.15, 0.2) is 0 Å². The van der Waals surface area contributed by atoms with E-state index in [0.29, 0.717) is 23.5 Å². The van der Waals surface area contributed by atoms with Crippen LogP contribution in [0.25, 0.3) is 0 Å². The number of hydrogen-bond acceptors (Lipinski definition) is 3. The first kappa shape index (κ1) is 12.9. The topological polar surface area (TPSA) is 38.5 Å². The Kier molecular flexibility index (Phi) is 3.65. The van der Waals surface area contributed by atoms with Gasteiger partial charge in [-0.1, -0.05) is 13.3 Å². The van der Waals surface area contributed by atoms with Crippen LogP contribution in [0.5, 0.6) is 0 Å². The Morgan fingerprint density at radius 2 is 1.94 bits per heavy atom. The van der Waals surface area contributed by atoms with Gasteiger partial charge in [-0.15, -0.1) is 0 Å². The summed E-state index contributed by atoms with van der Waals surface area (Å²) in [4.78, 5) is 2.68. The molecule has 2 saturated heterocycles. The fourth-order valence-corrected chi connectivity index (χ4v) is 4.03. The molecule has 2 aliphatic heterocycles. The second-order valence-electron chi connectivity index (χ2n) is 7.07. The summed E-state index contributed by atoms with van der Waals surface area (Å²) < 4.78 is 5.83. The normalized spacial score (nSPS) is 37.7. The average molecular weight is 252 g/mol. The van der Waals surface area contributed by atoms with E-state index < -0.39 is 0 Å². The van der Waals surface area contributed by atoms with E-state index >= 15 is 0 Å².